The predicted octanol–water partition coefficient (Wildman–Crippen LogP) is 4.08. The van der Waals surface area contributed by atoms with Crippen LogP contribution in [-0.2, 0) is 17.9 Å². The third-order valence-corrected chi connectivity index (χ3v) is 5.32. The lowest BCUT2D eigenvalue weighted by Gasteiger charge is -2.42. The Hall–Kier alpha value is -3.14. The lowest BCUT2D eigenvalue weighted by Crippen LogP contribution is -2.57. The van der Waals surface area contributed by atoms with Gasteiger partial charge in [0.1, 0.15) is 17.5 Å². The second-order valence-corrected chi connectivity index (χ2v) is 7.41. The Morgan fingerprint density at radius 3 is 2.30 bits per heavy atom. The minimum atomic E-state index is -0.891. The predicted molar refractivity (Wildman–Crippen MR) is 105 cm³/mol. The first-order valence-electron chi connectivity index (χ1n) is 9.11. The van der Waals surface area contributed by atoms with Gasteiger partial charge in [-0.15, -0.1) is 0 Å². The Kier molecular flexibility index (Phi) is 4.19. The van der Waals surface area contributed by atoms with Crippen LogP contribution in [0.2, 0.25) is 0 Å². The molecule has 1 unspecified atom stereocenters. The number of benzene rings is 2. The topological polar surface area (TPSA) is 42.3 Å². The fourth-order valence-corrected chi connectivity index (χ4v) is 3.69. The highest BCUT2D eigenvalue weighted by atomic mass is 16.2. The number of rotatable bonds is 4. The molecule has 1 aliphatic rings. The van der Waals surface area contributed by atoms with Crippen molar-refractivity contribution in [1.82, 2.24) is 9.47 Å². The molecule has 0 bridgehead atoms. The second kappa shape index (κ2) is 6.54. The number of amides is 1. The van der Waals surface area contributed by atoms with Crippen LogP contribution >= 0.6 is 0 Å². The maximum Gasteiger partial charge on any atom is 0.271 e. The van der Waals surface area contributed by atoms with Crippen LogP contribution in [0.3, 0.4) is 0 Å². The Balaban J connectivity index is 1.74. The van der Waals surface area contributed by atoms with Crippen molar-refractivity contribution in [3.05, 3.63) is 83.6 Å². The Bertz CT molecular complexity index is 989. The molecule has 0 N–H and O–H groups in total. The summed E-state index contributed by atoms with van der Waals surface area (Å²) in [7, 11) is 0. The summed E-state index contributed by atoms with van der Waals surface area (Å²) in [6, 6.07) is 21.8. The molecule has 2 heterocycles. The minimum Gasteiger partial charge on any atom is -0.334 e. The summed E-state index contributed by atoms with van der Waals surface area (Å²) in [5, 5.41) is 0. The van der Waals surface area contributed by atoms with Gasteiger partial charge in [-0.1, -0.05) is 60.2 Å². The van der Waals surface area contributed by atoms with Gasteiger partial charge in [0.2, 0.25) is 0 Å². The number of nitrogens with zero attached hydrogens (tertiary/aromatic N) is 2. The molecule has 0 spiro atoms. The van der Waals surface area contributed by atoms with Crippen molar-refractivity contribution >= 4 is 12.2 Å². The van der Waals surface area contributed by atoms with Gasteiger partial charge in [-0.05, 0) is 37.1 Å². The van der Waals surface area contributed by atoms with E-state index in [9.17, 15) is 9.59 Å². The first kappa shape index (κ1) is 17.3. The maximum absolute atomic E-state index is 13.3. The number of aryl methyl sites for hydroxylation is 1. The van der Waals surface area contributed by atoms with E-state index in [0.29, 0.717) is 18.8 Å². The standard InChI is InChI=1S/C23H22N2O2/c1-17-8-10-18(11-9-17)14-25-22(27)21-13-12-20(19-6-4-3-5-7-19)24(21)15-23(25,2)16-26/h3-13,16H,14-15H2,1-2H3. The van der Waals surface area contributed by atoms with E-state index < -0.39 is 5.54 Å². The summed E-state index contributed by atoms with van der Waals surface area (Å²) < 4.78 is 1.97. The molecular formula is C23H22N2O2. The Morgan fingerprint density at radius 1 is 0.963 bits per heavy atom. The van der Waals surface area contributed by atoms with Crippen LogP contribution in [-0.4, -0.2) is 27.2 Å². The van der Waals surface area contributed by atoms with Crippen LogP contribution in [0.5, 0.6) is 0 Å². The summed E-state index contributed by atoms with van der Waals surface area (Å²) in [5.41, 5.74) is 3.92. The van der Waals surface area contributed by atoms with Crippen molar-refractivity contribution in [2.75, 3.05) is 0 Å². The summed E-state index contributed by atoms with van der Waals surface area (Å²) in [5.74, 6) is -0.112. The van der Waals surface area contributed by atoms with Crippen molar-refractivity contribution in [2.45, 2.75) is 32.5 Å². The highest BCUT2D eigenvalue weighted by Gasteiger charge is 2.42. The Morgan fingerprint density at radius 2 is 1.63 bits per heavy atom. The van der Waals surface area contributed by atoms with Crippen molar-refractivity contribution in [1.29, 1.82) is 0 Å². The van der Waals surface area contributed by atoms with Crippen LogP contribution < -0.4 is 0 Å². The lowest BCUT2D eigenvalue weighted by atomic mass is 9.96. The van der Waals surface area contributed by atoms with Gasteiger partial charge in [-0.2, -0.15) is 0 Å². The molecule has 1 amide bonds. The zero-order valence-corrected chi connectivity index (χ0v) is 15.6. The molecule has 0 saturated carbocycles. The molecule has 0 saturated heterocycles. The monoisotopic (exact) mass is 358 g/mol. The SMILES string of the molecule is Cc1ccc(CN2C(=O)c3ccc(-c4ccccc4)n3CC2(C)C=O)cc1. The van der Waals surface area contributed by atoms with Crippen LogP contribution in [0.25, 0.3) is 11.3 Å². The highest BCUT2D eigenvalue weighted by Crippen LogP contribution is 2.32. The first-order chi connectivity index (χ1) is 13.0. The zero-order valence-electron chi connectivity index (χ0n) is 15.6. The molecule has 136 valence electrons. The molecule has 4 rings (SSSR count). The van der Waals surface area contributed by atoms with Gasteiger partial charge in [-0.25, -0.2) is 0 Å². The number of aromatic nitrogens is 1. The van der Waals surface area contributed by atoms with E-state index in [-0.39, 0.29) is 5.91 Å². The molecule has 1 atom stereocenters. The van der Waals surface area contributed by atoms with Crippen LogP contribution in [0.15, 0.2) is 66.7 Å². The molecular weight excluding hydrogens is 336 g/mol. The van der Waals surface area contributed by atoms with Crippen molar-refractivity contribution in [3.8, 4) is 11.3 Å². The maximum atomic E-state index is 13.3. The third-order valence-electron chi connectivity index (χ3n) is 5.32. The molecule has 4 nitrogen and oxygen atoms in total. The van der Waals surface area contributed by atoms with Crippen molar-refractivity contribution < 1.29 is 9.59 Å². The summed E-state index contributed by atoms with van der Waals surface area (Å²) in [4.78, 5) is 27.0. The molecule has 0 radical (unpaired) electrons. The fourth-order valence-electron chi connectivity index (χ4n) is 3.69. The van der Waals surface area contributed by atoms with Gasteiger partial charge in [0.15, 0.2) is 0 Å². The van der Waals surface area contributed by atoms with Crippen LogP contribution in [0.4, 0.5) is 0 Å². The normalized spacial score (nSPS) is 19.0. The largest absolute Gasteiger partial charge is 0.334 e. The van der Waals surface area contributed by atoms with E-state index in [1.54, 1.807) is 4.90 Å². The lowest BCUT2D eigenvalue weighted by molar-refractivity contribution is -0.118. The second-order valence-electron chi connectivity index (χ2n) is 7.41. The van der Waals surface area contributed by atoms with Crippen molar-refractivity contribution in [3.63, 3.8) is 0 Å². The molecule has 0 aliphatic carbocycles. The van der Waals surface area contributed by atoms with Gasteiger partial charge < -0.3 is 14.3 Å². The van der Waals surface area contributed by atoms with Gasteiger partial charge in [0, 0.05) is 12.2 Å². The molecule has 3 aromatic rings. The van der Waals surface area contributed by atoms with Crippen molar-refractivity contribution in [2.24, 2.45) is 0 Å². The summed E-state index contributed by atoms with van der Waals surface area (Å²) in [6.07, 6.45) is 0.900. The van der Waals surface area contributed by atoms with E-state index in [4.69, 9.17) is 0 Å². The van der Waals surface area contributed by atoms with Gasteiger partial charge in [0.05, 0.1) is 6.54 Å². The summed E-state index contributed by atoms with van der Waals surface area (Å²) >= 11 is 0. The van der Waals surface area contributed by atoms with Crippen LogP contribution in [0.1, 0.15) is 28.5 Å². The van der Waals surface area contributed by atoms with E-state index in [0.717, 1.165) is 23.1 Å². The fraction of sp³-hybridized carbons (Fsp3) is 0.217. The third kappa shape index (κ3) is 2.97. The smallest absolute Gasteiger partial charge is 0.271 e. The molecule has 0 fully saturated rings. The quantitative estimate of drug-likeness (QED) is 0.660. The molecule has 1 aromatic heterocycles. The summed E-state index contributed by atoms with van der Waals surface area (Å²) in [6.45, 7) is 4.73. The van der Waals surface area contributed by atoms with Gasteiger partial charge in [0.25, 0.3) is 5.91 Å². The average Bonchev–Trinajstić information content (AvgIpc) is 3.11. The number of aldehydes is 1. The minimum absolute atomic E-state index is 0.112. The number of hydrogen-bond donors (Lipinski definition) is 0. The van der Waals surface area contributed by atoms with E-state index in [1.807, 2.05) is 85.1 Å². The highest BCUT2D eigenvalue weighted by molar-refractivity contribution is 5.97. The Labute approximate surface area is 159 Å². The van der Waals surface area contributed by atoms with Gasteiger partial charge in [-0.3, -0.25) is 4.79 Å². The number of hydrogen-bond acceptors (Lipinski definition) is 2. The van der Waals surface area contributed by atoms with Crippen LogP contribution in [0, 0.1) is 6.92 Å². The van der Waals surface area contributed by atoms with E-state index >= 15 is 0 Å². The number of fused-ring (bicyclic) bond motifs is 1. The average molecular weight is 358 g/mol. The number of carbonyl (C=O) groups is 2. The molecule has 2 aromatic carbocycles. The molecule has 1 aliphatic heterocycles. The first-order valence-corrected chi connectivity index (χ1v) is 9.11. The number of carbonyl (C=O) groups excluding carboxylic acids is 2. The van der Waals surface area contributed by atoms with E-state index in [1.165, 1.54) is 5.56 Å². The van der Waals surface area contributed by atoms with E-state index in [2.05, 4.69) is 0 Å². The molecule has 4 heteroatoms. The molecule has 27 heavy (non-hydrogen) atoms. The van der Waals surface area contributed by atoms with Gasteiger partial charge >= 0.3 is 0 Å². The zero-order chi connectivity index (χ0) is 19.0.